The normalized spacial score (nSPS) is 16.1. The molecule has 126 valence electrons. The van der Waals surface area contributed by atoms with Crippen LogP contribution in [0, 0.1) is 0 Å². The van der Waals surface area contributed by atoms with Gasteiger partial charge in [-0.2, -0.15) is 0 Å². The van der Waals surface area contributed by atoms with Crippen LogP contribution in [0.4, 0.5) is 5.95 Å². The Kier molecular flexibility index (Phi) is 4.22. The molecular weight excluding hydrogens is 300 g/mol. The number of H-pyrrole nitrogens is 1. The topological polar surface area (TPSA) is 88.2 Å². The van der Waals surface area contributed by atoms with Crippen molar-refractivity contribution in [3.05, 3.63) is 20.8 Å². The number of ether oxygens (including phenoxy) is 1. The van der Waals surface area contributed by atoms with Crippen molar-refractivity contribution in [2.24, 2.45) is 21.1 Å². The summed E-state index contributed by atoms with van der Waals surface area (Å²) in [7, 11) is 4.95. The van der Waals surface area contributed by atoms with E-state index in [0.717, 1.165) is 44.0 Å². The monoisotopic (exact) mass is 323 g/mol. The van der Waals surface area contributed by atoms with Gasteiger partial charge in [0.2, 0.25) is 11.2 Å². The van der Waals surface area contributed by atoms with Gasteiger partial charge in [-0.05, 0) is 0 Å². The van der Waals surface area contributed by atoms with E-state index in [1.165, 1.54) is 11.6 Å². The largest absolute Gasteiger partial charge is 0.379 e. The molecule has 1 aliphatic rings. The maximum Gasteiger partial charge on any atom is 0.357 e. The first kappa shape index (κ1) is 15.8. The third kappa shape index (κ3) is 2.77. The lowest BCUT2D eigenvalue weighted by Gasteiger charge is -2.25. The van der Waals surface area contributed by atoms with Gasteiger partial charge in [0.05, 0.1) is 26.8 Å². The molecule has 1 saturated heterocycles. The predicted octanol–water partition coefficient (Wildman–Crippen LogP) is -1.87. The second-order valence-corrected chi connectivity index (χ2v) is 5.82. The van der Waals surface area contributed by atoms with E-state index >= 15 is 0 Å². The molecule has 0 aromatic carbocycles. The molecule has 9 heteroatoms. The zero-order valence-corrected chi connectivity index (χ0v) is 13.8. The van der Waals surface area contributed by atoms with E-state index < -0.39 is 0 Å². The first-order valence-corrected chi connectivity index (χ1v) is 7.72. The third-order valence-corrected chi connectivity index (χ3v) is 4.37. The van der Waals surface area contributed by atoms with Gasteiger partial charge in [-0.25, -0.2) is 14.3 Å². The van der Waals surface area contributed by atoms with E-state index in [4.69, 9.17) is 4.74 Å². The Labute approximate surface area is 133 Å². The van der Waals surface area contributed by atoms with Gasteiger partial charge in [-0.15, -0.1) is 0 Å². The Balaban J connectivity index is 1.83. The van der Waals surface area contributed by atoms with Gasteiger partial charge < -0.3 is 4.74 Å². The van der Waals surface area contributed by atoms with Crippen LogP contribution in [0.2, 0.25) is 0 Å². The molecule has 2 aromatic heterocycles. The first-order chi connectivity index (χ1) is 11.0. The van der Waals surface area contributed by atoms with E-state index in [1.54, 1.807) is 11.6 Å². The molecule has 1 fully saturated rings. The highest BCUT2D eigenvalue weighted by molar-refractivity contribution is 5.67. The molecule has 0 saturated carbocycles. The Morgan fingerprint density at radius 3 is 2.61 bits per heavy atom. The zero-order chi connectivity index (χ0) is 16.6. The number of hydrogen-bond donors (Lipinski definition) is 2. The summed E-state index contributed by atoms with van der Waals surface area (Å²) in [5.41, 5.74) is 0.352. The zero-order valence-electron chi connectivity index (χ0n) is 13.8. The molecule has 0 radical (unpaired) electrons. The summed E-state index contributed by atoms with van der Waals surface area (Å²) in [6.45, 7) is 5.08. The van der Waals surface area contributed by atoms with Gasteiger partial charge in [0.1, 0.15) is 0 Å². The molecule has 1 aliphatic heterocycles. The molecule has 23 heavy (non-hydrogen) atoms. The molecule has 0 unspecified atom stereocenters. The van der Waals surface area contributed by atoms with E-state index in [1.807, 2.05) is 7.05 Å². The molecule has 3 rings (SSSR count). The van der Waals surface area contributed by atoms with Crippen LogP contribution in [-0.4, -0.2) is 58.4 Å². The highest BCUT2D eigenvalue weighted by Crippen LogP contribution is 2.05. The van der Waals surface area contributed by atoms with Crippen LogP contribution in [0.5, 0.6) is 0 Å². The predicted molar refractivity (Wildman–Crippen MR) is 85.7 cm³/mol. The molecule has 3 heterocycles. The minimum atomic E-state index is -0.343. The Hall–Kier alpha value is -2.13. The lowest BCUT2D eigenvalue weighted by molar-refractivity contribution is -0.630. The Bertz CT molecular complexity index is 828. The van der Waals surface area contributed by atoms with E-state index in [2.05, 4.69) is 15.2 Å². The summed E-state index contributed by atoms with van der Waals surface area (Å²) in [5.74, 6) is 0.714. The van der Waals surface area contributed by atoms with E-state index in [0.29, 0.717) is 17.1 Å². The quantitative estimate of drug-likeness (QED) is 0.644. The summed E-state index contributed by atoms with van der Waals surface area (Å²) >= 11 is 0. The SMILES string of the molecule is Cn1c(=O)c2c([nH]c(NCCN3CCOCC3)[n+]2C)n(C)c1=O. The van der Waals surface area contributed by atoms with Gasteiger partial charge in [0, 0.05) is 33.7 Å². The van der Waals surface area contributed by atoms with Crippen LogP contribution in [-0.2, 0) is 25.9 Å². The Morgan fingerprint density at radius 1 is 1.22 bits per heavy atom. The van der Waals surface area contributed by atoms with Crippen LogP contribution >= 0.6 is 0 Å². The first-order valence-electron chi connectivity index (χ1n) is 7.72. The van der Waals surface area contributed by atoms with Crippen LogP contribution < -0.4 is 21.1 Å². The lowest BCUT2D eigenvalue weighted by Crippen LogP contribution is -2.43. The number of morpholine rings is 1. The maximum atomic E-state index is 12.3. The summed E-state index contributed by atoms with van der Waals surface area (Å²) in [4.78, 5) is 29.8. The molecule has 9 nitrogen and oxygen atoms in total. The van der Waals surface area contributed by atoms with Gasteiger partial charge in [0.15, 0.2) is 0 Å². The summed E-state index contributed by atoms with van der Waals surface area (Å²) in [6.07, 6.45) is 0. The van der Waals surface area contributed by atoms with E-state index in [-0.39, 0.29) is 11.2 Å². The average molecular weight is 323 g/mol. The highest BCUT2D eigenvalue weighted by atomic mass is 16.5. The number of nitrogens with zero attached hydrogens (tertiary/aromatic N) is 4. The average Bonchev–Trinajstić information content (AvgIpc) is 2.89. The fourth-order valence-corrected chi connectivity index (χ4v) is 2.90. The Morgan fingerprint density at radius 2 is 1.91 bits per heavy atom. The number of fused-ring (bicyclic) bond motifs is 1. The lowest BCUT2D eigenvalue weighted by atomic mass is 10.4. The summed E-state index contributed by atoms with van der Waals surface area (Å²) in [5, 5.41) is 3.30. The number of imidazole rings is 1. The van der Waals surface area contributed by atoms with Gasteiger partial charge in [-0.1, -0.05) is 0 Å². The maximum absolute atomic E-state index is 12.3. The molecule has 2 aromatic rings. The second kappa shape index (κ2) is 6.17. The number of nitrogens with one attached hydrogen (secondary N) is 2. The van der Waals surface area contributed by atoms with Gasteiger partial charge in [-0.3, -0.25) is 24.1 Å². The molecule has 0 aliphatic carbocycles. The highest BCUT2D eigenvalue weighted by Gasteiger charge is 2.22. The number of anilines is 1. The number of rotatable bonds is 4. The number of aromatic amines is 1. The standard InChI is InChI=1S/C14H22N6O3/c1-17-10-11(18(2)14(22)19(3)12(10)21)16-13(17)15-4-5-20-6-8-23-9-7-20/h4-9H2,1-3H3,(H,15,16,21)/p+1. The van der Waals surface area contributed by atoms with Crippen molar-refractivity contribution in [1.82, 2.24) is 19.0 Å². The fraction of sp³-hybridized carbons (Fsp3) is 0.643. The van der Waals surface area contributed by atoms with Crippen molar-refractivity contribution in [3.8, 4) is 0 Å². The van der Waals surface area contributed by atoms with Crippen LogP contribution in [0.15, 0.2) is 9.59 Å². The van der Waals surface area contributed by atoms with Crippen molar-refractivity contribution in [2.75, 3.05) is 44.7 Å². The molecule has 0 atom stereocenters. The molecule has 0 spiro atoms. The molecule has 2 N–H and O–H groups in total. The van der Waals surface area contributed by atoms with E-state index in [9.17, 15) is 9.59 Å². The number of aromatic nitrogens is 4. The van der Waals surface area contributed by atoms with Gasteiger partial charge in [0.25, 0.3) is 5.56 Å². The molecule has 0 amide bonds. The third-order valence-electron chi connectivity index (χ3n) is 4.37. The minimum Gasteiger partial charge on any atom is -0.379 e. The smallest absolute Gasteiger partial charge is 0.357 e. The fourth-order valence-electron chi connectivity index (χ4n) is 2.90. The molecule has 0 bridgehead atoms. The van der Waals surface area contributed by atoms with Crippen molar-refractivity contribution < 1.29 is 9.30 Å². The van der Waals surface area contributed by atoms with Crippen LogP contribution in [0.3, 0.4) is 0 Å². The summed E-state index contributed by atoms with van der Waals surface area (Å²) in [6, 6.07) is 0. The minimum absolute atomic E-state index is 0.303. The number of aryl methyl sites for hydroxylation is 2. The second-order valence-electron chi connectivity index (χ2n) is 5.82. The van der Waals surface area contributed by atoms with Crippen LogP contribution in [0.25, 0.3) is 11.2 Å². The molecular formula is C14H23N6O3+. The number of hydrogen-bond acceptors (Lipinski definition) is 5. The summed E-state index contributed by atoms with van der Waals surface area (Å²) < 4.78 is 9.66. The van der Waals surface area contributed by atoms with Crippen LogP contribution in [0.1, 0.15) is 0 Å². The van der Waals surface area contributed by atoms with Gasteiger partial charge >= 0.3 is 11.6 Å². The van der Waals surface area contributed by atoms with Crippen molar-refractivity contribution in [2.45, 2.75) is 0 Å². The van der Waals surface area contributed by atoms with Crippen molar-refractivity contribution in [1.29, 1.82) is 0 Å². The van der Waals surface area contributed by atoms with Crippen molar-refractivity contribution >= 4 is 17.1 Å². The van der Waals surface area contributed by atoms with Crippen molar-refractivity contribution in [3.63, 3.8) is 0 Å².